The SMILES string of the molecule is COc1ccccc1OCC(=O)N1CCCC2(CCCNC2)C1. The van der Waals surface area contributed by atoms with Gasteiger partial charge in [0.15, 0.2) is 18.1 Å². The first-order valence-corrected chi connectivity index (χ1v) is 8.47. The second-order valence-corrected chi connectivity index (χ2v) is 6.64. The minimum absolute atomic E-state index is 0.0700. The van der Waals surface area contributed by atoms with Gasteiger partial charge in [0.25, 0.3) is 5.91 Å². The zero-order chi connectivity index (χ0) is 16.1. The number of ether oxygens (including phenoxy) is 2. The molecule has 126 valence electrons. The number of nitrogens with one attached hydrogen (secondary N) is 1. The molecule has 1 unspecified atom stereocenters. The first-order valence-electron chi connectivity index (χ1n) is 8.47. The average molecular weight is 318 g/mol. The number of rotatable bonds is 4. The van der Waals surface area contributed by atoms with Gasteiger partial charge in [0.2, 0.25) is 0 Å². The van der Waals surface area contributed by atoms with Crippen molar-refractivity contribution in [1.82, 2.24) is 10.2 Å². The van der Waals surface area contributed by atoms with Gasteiger partial charge in [0, 0.05) is 25.0 Å². The van der Waals surface area contributed by atoms with Gasteiger partial charge >= 0.3 is 0 Å². The lowest BCUT2D eigenvalue weighted by molar-refractivity contribution is -0.137. The van der Waals surface area contributed by atoms with Crippen molar-refractivity contribution in [1.29, 1.82) is 0 Å². The van der Waals surface area contributed by atoms with Crippen LogP contribution < -0.4 is 14.8 Å². The highest BCUT2D eigenvalue weighted by molar-refractivity contribution is 5.78. The standard InChI is InChI=1S/C18H26N2O3/c1-22-15-6-2-3-7-16(15)23-12-17(21)20-11-5-9-18(14-20)8-4-10-19-13-18/h2-3,6-7,19H,4-5,8-14H2,1H3. The van der Waals surface area contributed by atoms with Gasteiger partial charge in [-0.05, 0) is 44.4 Å². The van der Waals surface area contributed by atoms with Crippen LogP contribution in [0.25, 0.3) is 0 Å². The van der Waals surface area contributed by atoms with E-state index in [-0.39, 0.29) is 17.9 Å². The van der Waals surface area contributed by atoms with Crippen molar-refractivity contribution in [2.24, 2.45) is 5.41 Å². The van der Waals surface area contributed by atoms with E-state index in [1.165, 1.54) is 19.3 Å². The van der Waals surface area contributed by atoms with Gasteiger partial charge in [-0.1, -0.05) is 12.1 Å². The van der Waals surface area contributed by atoms with E-state index < -0.39 is 0 Å². The lowest BCUT2D eigenvalue weighted by atomic mass is 9.74. The Morgan fingerprint density at radius 3 is 2.78 bits per heavy atom. The Morgan fingerprint density at radius 2 is 2.04 bits per heavy atom. The molecule has 0 aliphatic carbocycles. The average Bonchev–Trinajstić information content (AvgIpc) is 2.60. The van der Waals surface area contributed by atoms with E-state index in [1.54, 1.807) is 7.11 Å². The van der Waals surface area contributed by atoms with E-state index in [2.05, 4.69) is 5.32 Å². The molecule has 1 N–H and O–H groups in total. The molecular weight excluding hydrogens is 292 g/mol. The quantitative estimate of drug-likeness (QED) is 0.923. The first-order chi connectivity index (χ1) is 11.2. The van der Waals surface area contributed by atoms with Gasteiger partial charge in [-0.2, -0.15) is 0 Å². The topological polar surface area (TPSA) is 50.8 Å². The molecule has 1 aromatic carbocycles. The molecule has 0 bridgehead atoms. The van der Waals surface area contributed by atoms with Crippen molar-refractivity contribution >= 4 is 5.91 Å². The van der Waals surface area contributed by atoms with Crippen LogP contribution in [0.4, 0.5) is 0 Å². The summed E-state index contributed by atoms with van der Waals surface area (Å²) in [7, 11) is 1.61. The molecule has 2 heterocycles. The Morgan fingerprint density at radius 1 is 1.26 bits per heavy atom. The number of piperidine rings is 2. The number of likely N-dealkylation sites (tertiary alicyclic amines) is 1. The molecule has 5 heteroatoms. The number of hydrogen-bond donors (Lipinski definition) is 1. The fourth-order valence-electron chi connectivity index (χ4n) is 3.77. The number of benzene rings is 1. The molecule has 2 saturated heterocycles. The largest absolute Gasteiger partial charge is 0.493 e. The summed E-state index contributed by atoms with van der Waals surface area (Å²) in [4.78, 5) is 14.5. The fourth-order valence-corrected chi connectivity index (χ4v) is 3.77. The summed E-state index contributed by atoms with van der Waals surface area (Å²) in [6.45, 7) is 3.91. The molecule has 1 amide bonds. The summed E-state index contributed by atoms with van der Waals surface area (Å²) >= 11 is 0. The van der Waals surface area contributed by atoms with E-state index in [4.69, 9.17) is 9.47 Å². The molecular formula is C18H26N2O3. The van der Waals surface area contributed by atoms with Crippen LogP contribution in [-0.2, 0) is 4.79 Å². The number of amides is 1. The molecule has 1 spiro atoms. The fraction of sp³-hybridized carbons (Fsp3) is 0.611. The third-order valence-corrected chi connectivity index (χ3v) is 4.99. The van der Waals surface area contributed by atoms with E-state index in [1.807, 2.05) is 29.2 Å². The minimum Gasteiger partial charge on any atom is -0.493 e. The lowest BCUT2D eigenvalue weighted by Crippen LogP contribution is -2.53. The van der Waals surface area contributed by atoms with Gasteiger partial charge in [-0.25, -0.2) is 0 Å². The number of methoxy groups -OCH3 is 1. The molecule has 0 aromatic heterocycles. The maximum Gasteiger partial charge on any atom is 0.260 e. The highest BCUT2D eigenvalue weighted by Gasteiger charge is 2.38. The normalized spacial score (nSPS) is 24.5. The van der Waals surface area contributed by atoms with Crippen molar-refractivity contribution in [3.05, 3.63) is 24.3 Å². The summed E-state index contributed by atoms with van der Waals surface area (Å²) in [5.41, 5.74) is 0.274. The molecule has 2 aliphatic rings. The van der Waals surface area contributed by atoms with Crippen LogP contribution in [0.3, 0.4) is 0 Å². The Kier molecular flexibility index (Phi) is 5.06. The third kappa shape index (κ3) is 3.78. The number of nitrogens with zero attached hydrogens (tertiary/aromatic N) is 1. The van der Waals surface area contributed by atoms with Crippen molar-refractivity contribution in [2.45, 2.75) is 25.7 Å². The van der Waals surface area contributed by atoms with E-state index in [0.717, 1.165) is 32.6 Å². The summed E-state index contributed by atoms with van der Waals surface area (Å²) in [5.74, 6) is 1.35. The molecule has 2 fully saturated rings. The van der Waals surface area contributed by atoms with Gasteiger partial charge in [0.05, 0.1) is 7.11 Å². The second kappa shape index (κ2) is 7.21. The first kappa shape index (κ1) is 16.1. The van der Waals surface area contributed by atoms with E-state index in [0.29, 0.717) is 11.5 Å². The molecule has 2 aliphatic heterocycles. The van der Waals surface area contributed by atoms with Crippen LogP contribution in [0.2, 0.25) is 0 Å². The van der Waals surface area contributed by atoms with Crippen LogP contribution in [0.15, 0.2) is 24.3 Å². The van der Waals surface area contributed by atoms with Gasteiger partial charge < -0.3 is 19.7 Å². The Balaban J connectivity index is 1.57. The smallest absolute Gasteiger partial charge is 0.260 e. The molecule has 3 rings (SSSR count). The number of hydrogen-bond acceptors (Lipinski definition) is 4. The van der Waals surface area contributed by atoms with E-state index >= 15 is 0 Å². The lowest BCUT2D eigenvalue weighted by Gasteiger charge is -2.45. The van der Waals surface area contributed by atoms with Crippen LogP contribution in [0.1, 0.15) is 25.7 Å². The summed E-state index contributed by atoms with van der Waals surface area (Å²) in [6.07, 6.45) is 4.73. The number of para-hydroxylation sites is 2. The predicted molar refractivity (Wildman–Crippen MR) is 88.8 cm³/mol. The predicted octanol–water partition coefficient (Wildman–Crippen LogP) is 2.07. The van der Waals surface area contributed by atoms with Crippen molar-refractivity contribution in [3.8, 4) is 11.5 Å². The van der Waals surface area contributed by atoms with Crippen molar-refractivity contribution in [2.75, 3.05) is 39.9 Å². The molecule has 5 nitrogen and oxygen atoms in total. The Hall–Kier alpha value is -1.75. The summed E-state index contributed by atoms with van der Waals surface area (Å²) < 4.78 is 10.9. The highest BCUT2D eigenvalue weighted by Crippen LogP contribution is 2.36. The highest BCUT2D eigenvalue weighted by atomic mass is 16.5. The van der Waals surface area contributed by atoms with Crippen LogP contribution in [0, 0.1) is 5.41 Å². The Labute approximate surface area is 137 Å². The zero-order valence-corrected chi connectivity index (χ0v) is 13.8. The van der Waals surface area contributed by atoms with E-state index in [9.17, 15) is 4.79 Å². The third-order valence-electron chi connectivity index (χ3n) is 4.99. The van der Waals surface area contributed by atoms with Crippen LogP contribution >= 0.6 is 0 Å². The maximum absolute atomic E-state index is 12.5. The summed E-state index contributed by atoms with van der Waals surface area (Å²) in [6, 6.07) is 7.43. The van der Waals surface area contributed by atoms with Crippen molar-refractivity contribution in [3.63, 3.8) is 0 Å². The van der Waals surface area contributed by atoms with Gasteiger partial charge in [-0.15, -0.1) is 0 Å². The van der Waals surface area contributed by atoms with Crippen LogP contribution in [-0.4, -0.2) is 50.7 Å². The number of carbonyl (C=O) groups is 1. The molecule has 1 atom stereocenters. The van der Waals surface area contributed by atoms with Gasteiger partial charge in [-0.3, -0.25) is 4.79 Å². The molecule has 23 heavy (non-hydrogen) atoms. The number of carbonyl (C=O) groups excluding carboxylic acids is 1. The monoisotopic (exact) mass is 318 g/mol. The molecule has 1 aromatic rings. The zero-order valence-electron chi connectivity index (χ0n) is 13.8. The molecule has 0 radical (unpaired) electrons. The van der Waals surface area contributed by atoms with Crippen molar-refractivity contribution < 1.29 is 14.3 Å². The summed E-state index contributed by atoms with van der Waals surface area (Å²) in [5, 5.41) is 3.49. The van der Waals surface area contributed by atoms with Crippen LogP contribution in [0.5, 0.6) is 11.5 Å². The van der Waals surface area contributed by atoms with Gasteiger partial charge in [0.1, 0.15) is 0 Å². The molecule has 0 saturated carbocycles. The Bertz CT molecular complexity index is 535. The minimum atomic E-state index is 0.0700. The maximum atomic E-state index is 12.5. The second-order valence-electron chi connectivity index (χ2n) is 6.64.